The molecule has 2 aromatic carbocycles. The number of methoxy groups -OCH3 is 1. The van der Waals surface area contributed by atoms with Crippen molar-refractivity contribution in [2.45, 2.75) is 20.1 Å². The van der Waals surface area contributed by atoms with Gasteiger partial charge in [-0.3, -0.25) is 14.5 Å². The first-order valence-electron chi connectivity index (χ1n) is 11.5. The maximum absolute atomic E-state index is 13.0. The predicted octanol–water partition coefficient (Wildman–Crippen LogP) is 5.74. The van der Waals surface area contributed by atoms with Gasteiger partial charge in [-0.25, -0.2) is 9.59 Å². The third kappa shape index (κ3) is 6.52. The summed E-state index contributed by atoms with van der Waals surface area (Å²) in [4.78, 5) is 49.5. The molecule has 0 spiro atoms. The van der Waals surface area contributed by atoms with Crippen LogP contribution < -0.4 is 9.47 Å². The van der Waals surface area contributed by atoms with Gasteiger partial charge < -0.3 is 23.7 Å². The van der Waals surface area contributed by atoms with Crippen molar-refractivity contribution in [3.05, 3.63) is 86.1 Å². The van der Waals surface area contributed by atoms with E-state index in [2.05, 4.69) is 20.7 Å². The smallest absolute Gasteiger partial charge is 0.373 e. The van der Waals surface area contributed by atoms with E-state index in [4.69, 9.17) is 19.0 Å². The number of carboxylic acid groups (broad SMARTS) is 1. The van der Waals surface area contributed by atoms with Crippen molar-refractivity contribution in [3.8, 4) is 11.5 Å². The minimum Gasteiger partial charge on any atom is -0.490 e. The molecule has 0 bridgehead atoms. The monoisotopic (exact) mass is 615 g/mol. The van der Waals surface area contributed by atoms with E-state index in [9.17, 15) is 19.2 Å². The highest BCUT2D eigenvalue weighted by molar-refractivity contribution is 9.10. The van der Waals surface area contributed by atoms with Gasteiger partial charge >= 0.3 is 11.9 Å². The molecule has 4 rings (SSSR count). The minimum atomic E-state index is -1.01. The van der Waals surface area contributed by atoms with Gasteiger partial charge in [-0.2, -0.15) is 0 Å². The zero-order valence-corrected chi connectivity index (χ0v) is 23.2. The van der Waals surface area contributed by atoms with E-state index >= 15 is 0 Å². The number of rotatable bonds is 10. The highest BCUT2D eigenvalue weighted by atomic mass is 79.9. The van der Waals surface area contributed by atoms with Crippen molar-refractivity contribution >= 4 is 56.9 Å². The Morgan fingerprint density at radius 3 is 2.51 bits per heavy atom. The summed E-state index contributed by atoms with van der Waals surface area (Å²) in [6.45, 7) is 2.21. The Bertz CT molecular complexity index is 1460. The molecule has 10 nitrogen and oxygen atoms in total. The molecule has 3 aromatic rings. The molecule has 1 fully saturated rings. The molecule has 0 aliphatic carbocycles. The number of hydrogen-bond donors (Lipinski definition) is 1. The lowest BCUT2D eigenvalue weighted by molar-refractivity contribution is -0.123. The number of furan rings is 1. The number of benzene rings is 2. The number of carbonyl (C=O) groups excluding carboxylic acids is 3. The van der Waals surface area contributed by atoms with Crippen LogP contribution in [-0.2, 0) is 22.7 Å². The van der Waals surface area contributed by atoms with Gasteiger partial charge in [-0.15, -0.1) is 0 Å². The Hall–Kier alpha value is -4.03. The third-order valence-corrected chi connectivity index (χ3v) is 6.95. The fourth-order valence-electron chi connectivity index (χ4n) is 3.59. The van der Waals surface area contributed by atoms with Crippen LogP contribution in [0.5, 0.6) is 11.5 Å². The number of amides is 2. The number of hydrogen-bond acceptors (Lipinski definition) is 9. The van der Waals surface area contributed by atoms with Gasteiger partial charge in [0.25, 0.3) is 11.1 Å². The van der Waals surface area contributed by atoms with Crippen molar-refractivity contribution < 1.29 is 42.9 Å². The summed E-state index contributed by atoms with van der Waals surface area (Å²) in [6, 6.07) is 12.7. The first-order valence-corrected chi connectivity index (χ1v) is 13.1. The van der Waals surface area contributed by atoms with Gasteiger partial charge in [-0.1, -0.05) is 12.1 Å². The van der Waals surface area contributed by atoms with Gasteiger partial charge in [0.15, 0.2) is 11.5 Å². The molecular formula is C27H22BrNO9S. The van der Waals surface area contributed by atoms with E-state index in [1.165, 1.54) is 31.4 Å². The molecule has 0 saturated carbocycles. The van der Waals surface area contributed by atoms with Crippen molar-refractivity contribution in [2.75, 3.05) is 13.7 Å². The van der Waals surface area contributed by atoms with Crippen LogP contribution in [-0.4, -0.2) is 46.8 Å². The summed E-state index contributed by atoms with van der Waals surface area (Å²) in [5.41, 5.74) is 1.54. The molecule has 0 atom stereocenters. The second-order valence-corrected chi connectivity index (χ2v) is 9.93. The van der Waals surface area contributed by atoms with Crippen LogP contribution in [0.1, 0.15) is 44.7 Å². The van der Waals surface area contributed by atoms with Crippen LogP contribution in [0.3, 0.4) is 0 Å². The molecule has 0 radical (unpaired) electrons. The Kier molecular flexibility index (Phi) is 8.77. The highest BCUT2D eigenvalue weighted by Crippen LogP contribution is 2.40. The Morgan fingerprint density at radius 1 is 1.10 bits per heavy atom. The van der Waals surface area contributed by atoms with E-state index in [0.29, 0.717) is 28.1 Å². The van der Waals surface area contributed by atoms with Gasteiger partial charge in [0.1, 0.15) is 12.4 Å². The molecule has 1 aliphatic rings. The zero-order valence-electron chi connectivity index (χ0n) is 20.8. The number of esters is 1. The summed E-state index contributed by atoms with van der Waals surface area (Å²) in [7, 11) is 1.22. The fourth-order valence-corrected chi connectivity index (χ4v) is 5.00. The van der Waals surface area contributed by atoms with E-state index in [-0.39, 0.29) is 35.1 Å². The number of nitrogens with zero attached hydrogens (tertiary/aromatic N) is 1. The summed E-state index contributed by atoms with van der Waals surface area (Å²) in [5, 5.41) is 8.59. The molecular weight excluding hydrogens is 594 g/mol. The van der Waals surface area contributed by atoms with E-state index in [0.717, 1.165) is 22.2 Å². The molecule has 12 heteroatoms. The maximum Gasteiger partial charge on any atom is 0.373 e. The SMILES string of the molecule is CCOc1cc(/C=C2/SC(=O)N(Cc3ccc(C(=O)OC)o3)C2=O)cc(Br)c1OCc1ccc(C(=O)O)cc1. The minimum absolute atomic E-state index is 0.0251. The van der Waals surface area contributed by atoms with Crippen LogP contribution in [0.4, 0.5) is 4.79 Å². The number of ether oxygens (including phenoxy) is 3. The number of carboxylic acids is 1. The number of carbonyl (C=O) groups is 4. The Balaban J connectivity index is 1.51. The van der Waals surface area contributed by atoms with Crippen molar-refractivity contribution in [1.29, 1.82) is 0 Å². The molecule has 1 aromatic heterocycles. The van der Waals surface area contributed by atoms with E-state index in [1.54, 1.807) is 30.3 Å². The average molecular weight is 616 g/mol. The summed E-state index contributed by atoms with van der Waals surface area (Å²) in [6.07, 6.45) is 1.58. The molecule has 1 aliphatic heterocycles. The quantitative estimate of drug-likeness (QED) is 0.222. The number of thioether (sulfide) groups is 1. The van der Waals surface area contributed by atoms with E-state index < -0.39 is 23.1 Å². The van der Waals surface area contributed by atoms with Crippen molar-refractivity contribution in [3.63, 3.8) is 0 Å². The van der Waals surface area contributed by atoms with E-state index in [1.807, 2.05) is 6.92 Å². The van der Waals surface area contributed by atoms with Crippen LogP contribution in [0.2, 0.25) is 0 Å². The lowest BCUT2D eigenvalue weighted by Gasteiger charge is -2.15. The molecule has 2 amide bonds. The van der Waals surface area contributed by atoms with Gasteiger partial charge in [0.2, 0.25) is 5.76 Å². The average Bonchev–Trinajstić information content (AvgIpc) is 3.48. The second-order valence-electron chi connectivity index (χ2n) is 8.08. The highest BCUT2D eigenvalue weighted by Gasteiger charge is 2.36. The van der Waals surface area contributed by atoms with Gasteiger partial charge in [-0.05, 0) is 88.2 Å². The van der Waals surface area contributed by atoms with Crippen LogP contribution >= 0.6 is 27.7 Å². The lowest BCUT2D eigenvalue weighted by Crippen LogP contribution is -2.27. The first-order chi connectivity index (χ1) is 18.7. The fraction of sp³-hybridized carbons (Fsp3) is 0.185. The first kappa shape index (κ1) is 28.0. The lowest BCUT2D eigenvalue weighted by atomic mass is 10.1. The second kappa shape index (κ2) is 12.2. The Morgan fingerprint density at radius 2 is 1.85 bits per heavy atom. The predicted molar refractivity (Wildman–Crippen MR) is 145 cm³/mol. The van der Waals surface area contributed by atoms with Gasteiger partial charge in [0.05, 0.1) is 35.2 Å². The summed E-state index contributed by atoms with van der Waals surface area (Å²) < 4.78 is 22.3. The molecule has 0 unspecified atom stereocenters. The third-order valence-electron chi connectivity index (χ3n) is 5.45. The molecule has 1 N–H and O–H groups in total. The van der Waals surface area contributed by atoms with Crippen molar-refractivity contribution in [2.24, 2.45) is 0 Å². The zero-order chi connectivity index (χ0) is 28.1. The van der Waals surface area contributed by atoms with Crippen LogP contribution in [0, 0.1) is 0 Å². The number of halogens is 1. The normalized spacial score (nSPS) is 14.1. The largest absolute Gasteiger partial charge is 0.490 e. The standard InChI is InChI=1S/C27H22BrNO9S/c1-3-36-21-11-16(10-19(28)23(21)37-14-15-4-6-17(7-5-15)25(31)32)12-22-24(30)29(27(34)39-22)13-18-8-9-20(38-18)26(33)35-2/h4-12H,3,13-14H2,1-2H3,(H,31,32)/b22-12+. The molecule has 1 saturated heterocycles. The summed E-state index contributed by atoms with van der Waals surface area (Å²) >= 11 is 4.28. The number of aromatic carboxylic acids is 1. The maximum atomic E-state index is 13.0. The molecule has 2 heterocycles. The summed E-state index contributed by atoms with van der Waals surface area (Å²) in [5.74, 6) is -1.07. The molecule has 202 valence electrons. The van der Waals surface area contributed by atoms with Crippen LogP contribution in [0.25, 0.3) is 6.08 Å². The van der Waals surface area contributed by atoms with Gasteiger partial charge in [0, 0.05) is 0 Å². The topological polar surface area (TPSA) is 133 Å². The van der Waals surface area contributed by atoms with Crippen molar-refractivity contribution in [1.82, 2.24) is 4.90 Å². The molecule has 39 heavy (non-hydrogen) atoms. The van der Waals surface area contributed by atoms with Crippen LogP contribution in [0.15, 0.2) is 62.3 Å². The Labute approximate surface area is 235 Å². The number of imide groups is 1.